The SMILES string of the molecule is CCc1ccc(N2C[C@@H](C(=O)Nc3ccccc3C(=O)NCCN3CCOCC3)CC2=O)cc1. The standard InChI is InChI=1S/C26H32N4O4/c1-2-19-7-9-21(10-8-19)30-18-20(17-24(30)31)25(32)28-23-6-4-3-5-22(23)26(33)27-11-12-29-13-15-34-16-14-29/h3-10,20H,2,11-18H2,1H3,(H,27,33)(H,28,32)/t20-/m0/s1. The smallest absolute Gasteiger partial charge is 0.253 e. The minimum atomic E-state index is -0.476. The summed E-state index contributed by atoms with van der Waals surface area (Å²) < 4.78 is 5.35. The average Bonchev–Trinajstić information content (AvgIpc) is 3.26. The molecule has 2 aromatic rings. The summed E-state index contributed by atoms with van der Waals surface area (Å²) in [6.45, 7) is 6.84. The van der Waals surface area contributed by atoms with Crippen molar-refractivity contribution in [3.63, 3.8) is 0 Å². The van der Waals surface area contributed by atoms with Gasteiger partial charge < -0.3 is 20.3 Å². The molecule has 1 atom stereocenters. The lowest BCUT2D eigenvalue weighted by atomic mass is 10.1. The fraction of sp³-hybridized carbons (Fsp3) is 0.423. The first kappa shape index (κ1) is 23.9. The van der Waals surface area contributed by atoms with Crippen molar-refractivity contribution in [1.29, 1.82) is 0 Å². The molecule has 4 rings (SSSR count). The summed E-state index contributed by atoms with van der Waals surface area (Å²) in [6.07, 6.45) is 1.08. The van der Waals surface area contributed by atoms with Crippen LogP contribution in [0.1, 0.15) is 29.3 Å². The van der Waals surface area contributed by atoms with Gasteiger partial charge in [-0.1, -0.05) is 31.2 Å². The van der Waals surface area contributed by atoms with Crippen LogP contribution in [0.3, 0.4) is 0 Å². The molecule has 34 heavy (non-hydrogen) atoms. The van der Waals surface area contributed by atoms with Gasteiger partial charge in [0.25, 0.3) is 5.91 Å². The van der Waals surface area contributed by atoms with E-state index < -0.39 is 5.92 Å². The van der Waals surface area contributed by atoms with E-state index >= 15 is 0 Å². The van der Waals surface area contributed by atoms with Crippen molar-refractivity contribution in [2.45, 2.75) is 19.8 Å². The number of ether oxygens (including phenoxy) is 1. The van der Waals surface area contributed by atoms with E-state index in [9.17, 15) is 14.4 Å². The van der Waals surface area contributed by atoms with Gasteiger partial charge >= 0.3 is 0 Å². The summed E-state index contributed by atoms with van der Waals surface area (Å²) in [5.74, 6) is -1.03. The van der Waals surface area contributed by atoms with Gasteiger partial charge in [-0.3, -0.25) is 19.3 Å². The van der Waals surface area contributed by atoms with Crippen molar-refractivity contribution >= 4 is 29.1 Å². The van der Waals surface area contributed by atoms with Crippen LogP contribution in [-0.4, -0.2) is 68.6 Å². The molecule has 0 aliphatic carbocycles. The Hall–Kier alpha value is -3.23. The molecule has 0 saturated carbocycles. The quantitative estimate of drug-likeness (QED) is 0.626. The molecule has 8 heteroatoms. The van der Waals surface area contributed by atoms with Crippen LogP contribution in [0, 0.1) is 5.92 Å². The summed E-state index contributed by atoms with van der Waals surface area (Å²) >= 11 is 0. The predicted octanol–water partition coefficient (Wildman–Crippen LogP) is 2.30. The molecule has 0 radical (unpaired) electrons. The molecule has 2 aliphatic heterocycles. The zero-order valence-corrected chi connectivity index (χ0v) is 19.6. The van der Waals surface area contributed by atoms with Crippen LogP contribution >= 0.6 is 0 Å². The topological polar surface area (TPSA) is 91.0 Å². The lowest BCUT2D eigenvalue weighted by Gasteiger charge is -2.26. The Morgan fingerprint density at radius 2 is 1.79 bits per heavy atom. The highest BCUT2D eigenvalue weighted by atomic mass is 16.5. The Morgan fingerprint density at radius 1 is 1.06 bits per heavy atom. The molecule has 2 fully saturated rings. The first-order chi connectivity index (χ1) is 16.5. The molecule has 2 aromatic carbocycles. The van der Waals surface area contributed by atoms with Crippen LogP contribution in [0.5, 0.6) is 0 Å². The van der Waals surface area contributed by atoms with Crippen molar-refractivity contribution < 1.29 is 19.1 Å². The maximum Gasteiger partial charge on any atom is 0.253 e. The Kier molecular flexibility index (Phi) is 7.92. The minimum absolute atomic E-state index is 0.0708. The third kappa shape index (κ3) is 5.81. The summed E-state index contributed by atoms with van der Waals surface area (Å²) in [7, 11) is 0. The second-order valence-electron chi connectivity index (χ2n) is 8.67. The van der Waals surface area contributed by atoms with Gasteiger partial charge in [-0.2, -0.15) is 0 Å². The summed E-state index contributed by atoms with van der Waals surface area (Å²) in [5.41, 5.74) is 2.87. The fourth-order valence-corrected chi connectivity index (χ4v) is 4.32. The number of morpholine rings is 1. The Labute approximate surface area is 200 Å². The van der Waals surface area contributed by atoms with Gasteiger partial charge in [-0.15, -0.1) is 0 Å². The highest BCUT2D eigenvalue weighted by Gasteiger charge is 2.35. The van der Waals surface area contributed by atoms with Gasteiger partial charge in [0.05, 0.1) is 30.4 Å². The highest BCUT2D eigenvalue weighted by molar-refractivity contribution is 6.07. The molecule has 8 nitrogen and oxygen atoms in total. The number of amides is 3. The minimum Gasteiger partial charge on any atom is -0.379 e. The normalized spacial score (nSPS) is 18.7. The van der Waals surface area contributed by atoms with E-state index in [1.165, 1.54) is 5.56 Å². The van der Waals surface area contributed by atoms with E-state index in [0.717, 1.165) is 31.7 Å². The number of nitrogens with one attached hydrogen (secondary N) is 2. The van der Waals surface area contributed by atoms with Gasteiger partial charge in [-0.25, -0.2) is 0 Å². The first-order valence-electron chi connectivity index (χ1n) is 11.9. The maximum absolute atomic E-state index is 13.0. The molecular formula is C26H32N4O4. The molecule has 2 N–H and O–H groups in total. The number of benzene rings is 2. The number of rotatable bonds is 8. The molecule has 0 bridgehead atoms. The number of carbonyl (C=O) groups is 3. The predicted molar refractivity (Wildman–Crippen MR) is 131 cm³/mol. The van der Waals surface area contributed by atoms with Crippen LogP contribution in [0.4, 0.5) is 11.4 Å². The lowest BCUT2D eigenvalue weighted by molar-refractivity contribution is -0.122. The van der Waals surface area contributed by atoms with Crippen molar-refractivity contribution in [2.75, 3.05) is 56.2 Å². The maximum atomic E-state index is 13.0. The molecule has 2 aliphatic rings. The molecule has 0 spiro atoms. The largest absolute Gasteiger partial charge is 0.379 e. The number of aryl methyl sites for hydroxylation is 1. The van der Waals surface area contributed by atoms with Gasteiger partial charge in [0.1, 0.15) is 0 Å². The Balaban J connectivity index is 1.34. The molecule has 180 valence electrons. The molecule has 2 saturated heterocycles. The first-order valence-corrected chi connectivity index (χ1v) is 11.9. The molecule has 0 unspecified atom stereocenters. The fourth-order valence-electron chi connectivity index (χ4n) is 4.32. The van der Waals surface area contributed by atoms with E-state index in [1.807, 2.05) is 24.3 Å². The van der Waals surface area contributed by atoms with Crippen molar-refractivity contribution in [1.82, 2.24) is 10.2 Å². The van der Waals surface area contributed by atoms with Crippen LogP contribution in [0.15, 0.2) is 48.5 Å². The third-order valence-corrected chi connectivity index (χ3v) is 6.40. The number of para-hydroxylation sites is 1. The van der Waals surface area contributed by atoms with Crippen molar-refractivity contribution in [3.8, 4) is 0 Å². The second-order valence-corrected chi connectivity index (χ2v) is 8.67. The van der Waals surface area contributed by atoms with E-state index in [0.29, 0.717) is 37.6 Å². The van der Waals surface area contributed by atoms with Gasteiger partial charge in [0, 0.05) is 44.8 Å². The molecule has 2 heterocycles. The number of hydrogen-bond donors (Lipinski definition) is 2. The van der Waals surface area contributed by atoms with Crippen LogP contribution in [-0.2, 0) is 20.7 Å². The Morgan fingerprint density at radius 3 is 2.53 bits per heavy atom. The average molecular weight is 465 g/mol. The van der Waals surface area contributed by atoms with E-state index in [4.69, 9.17) is 4.74 Å². The van der Waals surface area contributed by atoms with Crippen LogP contribution in [0.25, 0.3) is 0 Å². The van der Waals surface area contributed by atoms with Crippen LogP contribution in [0.2, 0.25) is 0 Å². The zero-order valence-electron chi connectivity index (χ0n) is 19.6. The van der Waals surface area contributed by atoms with E-state index in [-0.39, 0.29) is 24.1 Å². The zero-order chi connectivity index (χ0) is 23.9. The van der Waals surface area contributed by atoms with Crippen molar-refractivity contribution in [2.24, 2.45) is 5.92 Å². The molecular weight excluding hydrogens is 432 g/mol. The monoisotopic (exact) mass is 464 g/mol. The summed E-state index contributed by atoms with van der Waals surface area (Å²) in [6, 6.07) is 14.8. The number of anilines is 2. The van der Waals surface area contributed by atoms with E-state index in [2.05, 4.69) is 22.5 Å². The number of hydrogen-bond acceptors (Lipinski definition) is 5. The van der Waals surface area contributed by atoms with Gasteiger partial charge in [-0.05, 0) is 36.2 Å². The van der Waals surface area contributed by atoms with E-state index in [1.54, 1.807) is 29.2 Å². The van der Waals surface area contributed by atoms with Gasteiger partial charge in [0.2, 0.25) is 11.8 Å². The summed E-state index contributed by atoms with van der Waals surface area (Å²) in [4.78, 5) is 42.3. The van der Waals surface area contributed by atoms with Crippen LogP contribution < -0.4 is 15.5 Å². The van der Waals surface area contributed by atoms with Crippen molar-refractivity contribution in [3.05, 3.63) is 59.7 Å². The molecule has 0 aromatic heterocycles. The number of nitrogens with zero attached hydrogens (tertiary/aromatic N) is 2. The number of carbonyl (C=O) groups excluding carboxylic acids is 3. The second kappa shape index (κ2) is 11.3. The molecule has 3 amide bonds. The highest BCUT2D eigenvalue weighted by Crippen LogP contribution is 2.27. The van der Waals surface area contributed by atoms with Gasteiger partial charge in [0.15, 0.2) is 0 Å². The third-order valence-electron chi connectivity index (χ3n) is 6.40. The lowest BCUT2D eigenvalue weighted by Crippen LogP contribution is -2.41. The Bertz CT molecular complexity index is 1020. The summed E-state index contributed by atoms with van der Waals surface area (Å²) in [5, 5.41) is 5.82.